The molecule has 0 radical (unpaired) electrons. The summed E-state index contributed by atoms with van der Waals surface area (Å²) in [7, 11) is 0. The van der Waals surface area contributed by atoms with E-state index in [1.165, 1.54) is 60.8 Å². The van der Waals surface area contributed by atoms with Gasteiger partial charge in [-0.25, -0.2) is 15.0 Å². The van der Waals surface area contributed by atoms with Crippen LogP contribution >= 0.6 is 0 Å². The Morgan fingerprint density at radius 2 is 1.00 bits per heavy atom. The Hall–Kier alpha value is -7.43. The van der Waals surface area contributed by atoms with Crippen LogP contribution in [0.15, 0.2) is 182 Å². The predicted octanol–water partition coefficient (Wildman–Crippen LogP) is 14.2. The summed E-state index contributed by atoms with van der Waals surface area (Å²) in [5, 5.41) is 2.52. The molecule has 60 heavy (non-hydrogen) atoms. The van der Waals surface area contributed by atoms with Crippen LogP contribution in [0.4, 0.5) is 0 Å². The Labute approximate surface area is 350 Å². The second kappa shape index (κ2) is 13.9. The first-order valence-corrected chi connectivity index (χ1v) is 20.7. The summed E-state index contributed by atoms with van der Waals surface area (Å²) < 4.78 is 2.45. The zero-order chi connectivity index (χ0) is 40.5. The van der Waals surface area contributed by atoms with E-state index in [4.69, 9.17) is 15.0 Å². The average Bonchev–Trinajstić information content (AvgIpc) is 3.74. The van der Waals surface area contributed by atoms with Crippen molar-refractivity contribution in [2.75, 3.05) is 0 Å². The molecule has 0 fully saturated rings. The fourth-order valence-corrected chi connectivity index (χ4v) is 9.61. The smallest absolute Gasteiger partial charge is 0.164 e. The molecule has 0 aliphatic heterocycles. The summed E-state index contributed by atoms with van der Waals surface area (Å²) in [5.41, 5.74) is 18.8. The van der Waals surface area contributed by atoms with E-state index in [1.54, 1.807) is 0 Å². The number of hydrogen-bond acceptors (Lipinski definition) is 3. The molecule has 4 heteroatoms. The van der Waals surface area contributed by atoms with E-state index in [0.717, 1.165) is 39.1 Å². The molecule has 2 aromatic heterocycles. The van der Waals surface area contributed by atoms with Gasteiger partial charge in [-0.3, -0.25) is 0 Å². The van der Waals surface area contributed by atoms with Crippen LogP contribution in [0.2, 0.25) is 0 Å². The van der Waals surface area contributed by atoms with Crippen LogP contribution in [0, 0.1) is 13.8 Å². The lowest BCUT2D eigenvalue weighted by molar-refractivity contribution is 0.661. The minimum atomic E-state index is -0.101. The van der Waals surface area contributed by atoms with E-state index in [1.807, 2.05) is 36.4 Å². The van der Waals surface area contributed by atoms with E-state index in [9.17, 15) is 0 Å². The van der Waals surface area contributed by atoms with Crippen molar-refractivity contribution in [3.05, 3.63) is 204 Å². The van der Waals surface area contributed by atoms with E-state index >= 15 is 0 Å². The summed E-state index contributed by atoms with van der Waals surface area (Å²) in [5.74, 6) is 1.96. The van der Waals surface area contributed by atoms with Gasteiger partial charge in [-0.2, -0.15) is 0 Å². The van der Waals surface area contributed by atoms with E-state index in [2.05, 4.69) is 178 Å². The minimum absolute atomic E-state index is 0.101. The molecule has 0 N–H and O–H groups in total. The molecule has 4 nitrogen and oxygen atoms in total. The van der Waals surface area contributed by atoms with Gasteiger partial charge in [0, 0.05) is 38.6 Å². The molecule has 2 heterocycles. The molecule has 1 aliphatic rings. The van der Waals surface area contributed by atoms with Gasteiger partial charge in [0.2, 0.25) is 0 Å². The number of aryl methyl sites for hydroxylation is 2. The zero-order valence-corrected chi connectivity index (χ0v) is 34.1. The molecule has 0 saturated heterocycles. The molecular formula is C56H42N4. The Kier molecular flexibility index (Phi) is 8.25. The van der Waals surface area contributed by atoms with E-state index < -0.39 is 0 Å². The minimum Gasteiger partial charge on any atom is -0.309 e. The lowest BCUT2D eigenvalue weighted by atomic mass is 9.82. The van der Waals surface area contributed by atoms with Crippen LogP contribution in [-0.4, -0.2) is 19.5 Å². The van der Waals surface area contributed by atoms with Crippen LogP contribution in [0.3, 0.4) is 0 Å². The van der Waals surface area contributed by atoms with Gasteiger partial charge in [0.15, 0.2) is 17.5 Å². The van der Waals surface area contributed by atoms with Crippen molar-refractivity contribution in [2.45, 2.75) is 33.1 Å². The molecule has 1 aliphatic carbocycles. The molecule has 0 spiro atoms. The van der Waals surface area contributed by atoms with Gasteiger partial charge in [0.1, 0.15) is 0 Å². The van der Waals surface area contributed by atoms with Gasteiger partial charge in [-0.05, 0) is 99.8 Å². The molecule has 8 aromatic carbocycles. The SMILES string of the molecule is Cc1cc(-c2cccc3c2c2cc4c(cc2n3-c2ccccc2)C(C)(C)c2ccccc2-4)ccc1-c1c(C)cccc1-c1nc(-c2ccccc2)nc(-c2ccccc2)n1. The van der Waals surface area contributed by atoms with Crippen molar-refractivity contribution >= 4 is 21.8 Å². The fourth-order valence-electron chi connectivity index (χ4n) is 9.61. The normalized spacial score (nSPS) is 12.8. The highest BCUT2D eigenvalue weighted by Crippen LogP contribution is 2.52. The summed E-state index contributed by atoms with van der Waals surface area (Å²) >= 11 is 0. The third kappa shape index (κ3) is 5.63. The highest BCUT2D eigenvalue weighted by Gasteiger charge is 2.36. The maximum Gasteiger partial charge on any atom is 0.164 e. The van der Waals surface area contributed by atoms with Crippen molar-refractivity contribution in [3.63, 3.8) is 0 Å². The number of benzene rings is 8. The first kappa shape index (κ1) is 35.7. The number of hydrogen-bond donors (Lipinski definition) is 0. The van der Waals surface area contributed by atoms with Crippen LogP contribution in [0.5, 0.6) is 0 Å². The predicted molar refractivity (Wildman–Crippen MR) is 248 cm³/mol. The number of nitrogens with zero attached hydrogens (tertiary/aromatic N) is 4. The number of aromatic nitrogens is 4. The van der Waals surface area contributed by atoms with Crippen LogP contribution in [0.25, 0.3) is 95.0 Å². The molecule has 286 valence electrons. The molecule has 0 amide bonds. The summed E-state index contributed by atoms with van der Waals surface area (Å²) in [6.07, 6.45) is 0. The number of para-hydroxylation sites is 1. The van der Waals surface area contributed by atoms with Crippen LogP contribution < -0.4 is 0 Å². The van der Waals surface area contributed by atoms with Crippen molar-refractivity contribution in [1.82, 2.24) is 19.5 Å². The second-order valence-corrected chi connectivity index (χ2v) is 16.5. The monoisotopic (exact) mass is 770 g/mol. The van der Waals surface area contributed by atoms with Crippen LogP contribution in [-0.2, 0) is 5.41 Å². The second-order valence-electron chi connectivity index (χ2n) is 16.5. The Balaban J connectivity index is 1.10. The number of rotatable bonds is 6. The van der Waals surface area contributed by atoms with Gasteiger partial charge >= 0.3 is 0 Å². The highest BCUT2D eigenvalue weighted by atomic mass is 15.0. The largest absolute Gasteiger partial charge is 0.309 e. The zero-order valence-electron chi connectivity index (χ0n) is 34.1. The van der Waals surface area contributed by atoms with Crippen molar-refractivity contribution in [2.24, 2.45) is 0 Å². The van der Waals surface area contributed by atoms with Crippen LogP contribution in [0.1, 0.15) is 36.1 Å². The van der Waals surface area contributed by atoms with Gasteiger partial charge in [0.05, 0.1) is 11.0 Å². The quantitative estimate of drug-likeness (QED) is 0.169. The standard InChI is InChI=1S/C56H42N4/c1-35-18-16-27-44(55-58-53(37-19-8-5-9-20-37)57-54(59-55)38-21-10-6-11-22-38)51(35)41-31-30-39(32-36(41)2)42-26-17-29-49-52(42)46-33-45-43-25-14-15-28-47(43)56(3,4)48(45)34-50(46)60(49)40-23-12-7-13-24-40/h5-34H,1-4H3. The van der Waals surface area contributed by atoms with Gasteiger partial charge in [0.25, 0.3) is 0 Å². The average molecular weight is 771 g/mol. The third-order valence-electron chi connectivity index (χ3n) is 12.5. The first-order chi connectivity index (χ1) is 29.3. The Bertz CT molecular complexity index is 3230. The lowest BCUT2D eigenvalue weighted by Gasteiger charge is -2.21. The summed E-state index contributed by atoms with van der Waals surface area (Å²) in [6, 6.07) is 65.1. The molecule has 10 aromatic rings. The third-order valence-corrected chi connectivity index (χ3v) is 12.5. The maximum atomic E-state index is 5.14. The molecule has 0 atom stereocenters. The highest BCUT2D eigenvalue weighted by molar-refractivity contribution is 6.17. The van der Waals surface area contributed by atoms with Crippen molar-refractivity contribution in [1.29, 1.82) is 0 Å². The Morgan fingerprint density at radius 1 is 0.400 bits per heavy atom. The maximum absolute atomic E-state index is 5.14. The first-order valence-electron chi connectivity index (χ1n) is 20.7. The van der Waals surface area contributed by atoms with E-state index in [-0.39, 0.29) is 5.41 Å². The van der Waals surface area contributed by atoms with Gasteiger partial charge in [-0.15, -0.1) is 0 Å². The fraction of sp³-hybridized carbons (Fsp3) is 0.0893. The summed E-state index contributed by atoms with van der Waals surface area (Å²) in [6.45, 7) is 9.13. The molecule has 0 bridgehead atoms. The molecule has 11 rings (SSSR count). The molecule has 0 unspecified atom stereocenters. The van der Waals surface area contributed by atoms with Crippen molar-refractivity contribution < 1.29 is 0 Å². The van der Waals surface area contributed by atoms with Gasteiger partial charge in [-0.1, -0.05) is 166 Å². The molecular weight excluding hydrogens is 729 g/mol. The van der Waals surface area contributed by atoms with Crippen molar-refractivity contribution in [3.8, 4) is 73.2 Å². The number of fused-ring (bicyclic) bond motifs is 6. The van der Waals surface area contributed by atoms with Gasteiger partial charge < -0.3 is 4.57 Å². The lowest BCUT2D eigenvalue weighted by Crippen LogP contribution is -2.14. The molecule has 0 saturated carbocycles. The van der Waals surface area contributed by atoms with E-state index in [0.29, 0.717) is 17.5 Å². The topological polar surface area (TPSA) is 43.6 Å². The summed E-state index contributed by atoms with van der Waals surface area (Å²) in [4.78, 5) is 15.2. The Morgan fingerprint density at radius 3 is 1.70 bits per heavy atom.